The van der Waals surface area contributed by atoms with E-state index < -0.39 is 11.8 Å². The van der Waals surface area contributed by atoms with E-state index in [4.69, 9.17) is 23.9 Å². The monoisotopic (exact) mass is 443 g/mol. The Hall–Kier alpha value is -2.83. The van der Waals surface area contributed by atoms with Gasteiger partial charge in [0.25, 0.3) is 0 Å². The summed E-state index contributed by atoms with van der Waals surface area (Å²) in [7, 11) is 4.62. The lowest BCUT2D eigenvalue weighted by molar-refractivity contribution is -0.146. The van der Waals surface area contributed by atoms with Crippen LogP contribution in [0.1, 0.15) is 58.4 Å². The van der Waals surface area contributed by atoms with Gasteiger partial charge in [-0.2, -0.15) is 0 Å². The van der Waals surface area contributed by atoms with Gasteiger partial charge in [-0.1, -0.05) is 20.8 Å². The summed E-state index contributed by atoms with van der Waals surface area (Å²) >= 11 is 0. The summed E-state index contributed by atoms with van der Waals surface area (Å²) < 4.78 is 22.1. The van der Waals surface area contributed by atoms with Crippen LogP contribution in [0.25, 0.3) is 0 Å². The summed E-state index contributed by atoms with van der Waals surface area (Å²) in [5, 5.41) is 0. The van der Waals surface area contributed by atoms with Gasteiger partial charge in [0, 0.05) is 29.3 Å². The molecule has 0 spiro atoms. The molecule has 2 atom stereocenters. The van der Waals surface area contributed by atoms with Crippen LogP contribution in [0.5, 0.6) is 17.2 Å². The number of allylic oxidation sites excluding steroid dienone is 2. The van der Waals surface area contributed by atoms with Gasteiger partial charge in [0.1, 0.15) is 5.92 Å². The van der Waals surface area contributed by atoms with Crippen molar-refractivity contribution in [1.82, 2.24) is 0 Å². The van der Waals surface area contributed by atoms with Crippen molar-refractivity contribution >= 4 is 17.5 Å². The van der Waals surface area contributed by atoms with Crippen molar-refractivity contribution in [3.05, 3.63) is 29.0 Å². The lowest BCUT2D eigenvalue weighted by Gasteiger charge is -2.39. The zero-order chi connectivity index (χ0) is 23.6. The van der Waals surface area contributed by atoms with E-state index in [0.29, 0.717) is 54.4 Å². The van der Waals surface area contributed by atoms with Crippen molar-refractivity contribution in [3.8, 4) is 17.2 Å². The number of hydrogen-bond donors (Lipinski definition) is 0. The summed E-state index contributed by atoms with van der Waals surface area (Å²) in [6, 6.07) is 3.62. The molecular formula is C25H33NO6. The van der Waals surface area contributed by atoms with Crippen LogP contribution in [-0.2, 0) is 14.3 Å². The number of benzene rings is 1. The van der Waals surface area contributed by atoms with E-state index in [1.165, 1.54) is 7.11 Å². The van der Waals surface area contributed by atoms with E-state index >= 15 is 0 Å². The third kappa shape index (κ3) is 4.38. The predicted octanol–water partition coefficient (Wildman–Crippen LogP) is 4.48. The number of ether oxygens (including phenoxy) is 4. The molecule has 2 aliphatic rings. The number of rotatable bonds is 7. The smallest absolute Gasteiger partial charge is 0.315 e. The van der Waals surface area contributed by atoms with E-state index in [1.807, 2.05) is 26.0 Å². The van der Waals surface area contributed by atoms with Gasteiger partial charge < -0.3 is 18.9 Å². The maximum Gasteiger partial charge on any atom is 0.315 e. The summed E-state index contributed by atoms with van der Waals surface area (Å²) in [6.07, 6.45) is 1.78. The Kier molecular flexibility index (Phi) is 6.96. The molecule has 0 saturated carbocycles. The van der Waals surface area contributed by atoms with Gasteiger partial charge in [0.2, 0.25) is 5.75 Å². The number of nitrogens with zero attached hydrogens (tertiary/aromatic N) is 1. The third-order valence-corrected chi connectivity index (χ3v) is 6.05. The van der Waals surface area contributed by atoms with Crippen LogP contribution in [0, 0.1) is 11.3 Å². The molecule has 1 aromatic carbocycles. The molecule has 1 aliphatic heterocycles. The number of carbonyl (C=O) groups excluding carboxylic acids is 2. The van der Waals surface area contributed by atoms with Crippen LogP contribution < -0.4 is 14.2 Å². The number of Topliss-reactive ketones (excluding diaryl/α,β-unsaturated/α-hetero) is 1. The molecule has 1 aliphatic carbocycles. The second-order valence-corrected chi connectivity index (χ2v) is 9.14. The highest BCUT2D eigenvalue weighted by Gasteiger charge is 2.46. The Morgan fingerprint density at radius 3 is 2.25 bits per heavy atom. The fourth-order valence-electron chi connectivity index (χ4n) is 4.68. The van der Waals surface area contributed by atoms with Crippen LogP contribution in [0.15, 0.2) is 28.4 Å². The standard InChI is InChI=1S/C25H33NO6/c1-8-9-32-24(28)20-14(2)26-16-12-25(3,4)13-17(27)22(16)21(20)15-10-18(29-5)23(31-7)19(11-15)30-6/h10-11,20-21H,8-9,12-13H2,1-7H3/t20?,21-/m0/s1. The van der Waals surface area contributed by atoms with E-state index in [0.717, 1.165) is 11.3 Å². The average Bonchev–Trinajstić information content (AvgIpc) is 2.74. The minimum absolute atomic E-state index is 0.0135. The Bertz CT molecular complexity index is 950. The fourth-order valence-corrected chi connectivity index (χ4v) is 4.68. The van der Waals surface area contributed by atoms with Crippen molar-refractivity contribution in [3.63, 3.8) is 0 Å². The number of ketones is 1. The molecule has 7 nitrogen and oxygen atoms in total. The first-order chi connectivity index (χ1) is 15.2. The van der Waals surface area contributed by atoms with Crippen LogP contribution >= 0.6 is 0 Å². The Morgan fingerprint density at radius 2 is 1.72 bits per heavy atom. The zero-order valence-corrected chi connectivity index (χ0v) is 20.0. The summed E-state index contributed by atoms with van der Waals surface area (Å²) in [5.41, 5.74) is 2.53. The maximum atomic E-state index is 13.4. The van der Waals surface area contributed by atoms with Crippen molar-refractivity contribution in [2.24, 2.45) is 16.3 Å². The topological polar surface area (TPSA) is 83.4 Å². The largest absolute Gasteiger partial charge is 0.493 e. The van der Waals surface area contributed by atoms with E-state index in [-0.39, 0.29) is 17.2 Å². The second kappa shape index (κ2) is 9.35. The molecule has 0 amide bonds. The molecule has 1 aromatic rings. The first-order valence-corrected chi connectivity index (χ1v) is 10.9. The van der Waals surface area contributed by atoms with Crippen LogP contribution in [-0.4, -0.2) is 45.4 Å². The lowest BCUT2D eigenvalue weighted by Crippen LogP contribution is -2.39. The minimum atomic E-state index is -0.701. The molecule has 0 fully saturated rings. The number of esters is 1. The molecule has 0 N–H and O–H groups in total. The fraction of sp³-hybridized carbons (Fsp3) is 0.560. The lowest BCUT2D eigenvalue weighted by atomic mass is 9.67. The second-order valence-electron chi connectivity index (χ2n) is 9.14. The summed E-state index contributed by atoms with van der Waals surface area (Å²) in [6.45, 7) is 8.22. The Labute approximate surface area is 189 Å². The van der Waals surface area contributed by atoms with Crippen LogP contribution in [0.3, 0.4) is 0 Å². The highest BCUT2D eigenvalue weighted by molar-refractivity contribution is 6.09. The van der Waals surface area contributed by atoms with Crippen molar-refractivity contribution < 1.29 is 28.5 Å². The molecule has 0 radical (unpaired) electrons. The van der Waals surface area contributed by atoms with Crippen molar-refractivity contribution in [2.75, 3.05) is 27.9 Å². The highest BCUT2D eigenvalue weighted by Crippen LogP contribution is 2.50. The number of hydrogen-bond acceptors (Lipinski definition) is 7. The molecular weight excluding hydrogens is 410 g/mol. The quantitative estimate of drug-likeness (QED) is 0.578. The van der Waals surface area contributed by atoms with Gasteiger partial charge in [0.15, 0.2) is 17.3 Å². The van der Waals surface area contributed by atoms with E-state index in [9.17, 15) is 9.59 Å². The van der Waals surface area contributed by atoms with Gasteiger partial charge in [-0.25, -0.2) is 0 Å². The van der Waals surface area contributed by atoms with E-state index in [1.54, 1.807) is 14.2 Å². The number of methoxy groups -OCH3 is 3. The van der Waals surface area contributed by atoms with Gasteiger partial charge in [-0.3, -0.25) is 14.6 Å². The number of aliphatic imine (C=N–C) groups is 1. The average molecular weight is 444 g/mol. The number of carbonyl (C=O) groups is 2. The summed E-state index contributed by atoms with van der Waals surface area (Å²) in [5.74, 6) is -0.217. The molecule has 32 heavy (non-hydrogen) atoms. The molecule has 0 saturated heterocycles. The van der Waals surface area contributed by atoms with Gasteiger partial charge in [-0.15, -0.1) is 0 Å². The molecule has 174 valence electrons. The van der Waals surface area contributed by atoms with Gasteiger partial charge >= 0.3 is 5.97 Å². The third-order valence-electron chi connectivity index (χ3n) is 6.05. The molecule has 0 bridgehead atoms. The van der Waals surface area contributed by atoms with Crippen LogP contribution in [0.2, 0.25) is 0 Å². The first kappa shape index (κ1) is 23.8. The Morgan fingerprint density at radius 1 is 1.09 bits per heavy atom. The van der Waals surface area contributed by atoms with Crippen LogP contribution in [0.4, 0.5) is 0 Å². The summed E-state index contributed by atoms with van der Waals surface area (Å²) in [4.78, 5) is 31.3. The normalized spacial score (nSPS) is 22.1. The van der Waals surface area contributed by atoms with Gasteiger partial charge in [-0.05, 0) is 42.9 Å². The first-order valence-electron chi connectivity index (χ1n) is 10.9. The van der Waals surface area contributed by atoms with Crippen molar-refractivity contribution in [2.45, 2.75) is 52.9 Å². The predicted molar refractivity (Wildman–Crippen MR) is 122 cm³/mol. The highest BCUT2D eigenvalue weighted by atomic mass is 16.5. The van der Waals surface area contributed by atoms with Gasteiger partial charge in [0.05, 0.1) is 27.9 Å². The van der Waals surface area contributed by atoms with Crippen molar-refractivity contribution in [1.29, 1.82) is 0 Å². The van der Waals surface area contributed by atoms with E-state index in [2.05, 4.69) is 13.8 Å². The molecule has 7 heteroatoms. The molecule has 3 rings (SSSR count). The zero-order valence-electron chi connectivity index (χ0n) is 20.0. The molecule has 0 aromatic heterocycles. The maximum absolute atomic E-state index is 13.4. The SMILES string of the molecule is CCCOC(=O)C1C(C)=NC2=C(C(=O)CC(C)(C)C2)[C@H]1c1cc(OC)c(OC)c(OC)c1. The Balaban J connectivity index is 2.23. The molecule has 1 heterocycles. The molecule has 1 unspecified atom stereocenters. The minimum Gasteiger partial charge on any atom is -0.493 e.